The predicted molar refractivity (Wildman–Crippen MR) is 186 cm³/mol. The molecule has 0 saturated carbocycles. The van der Waals surface area contributed by atoms with E-state index in [0.717, 1.165) is 4.57 Å². The molecule has 10 nitrogen and oxygen atoms in total. The molecule has 1 aliphatic heterocycles. The lowest BCUT2D eigenvalue weighted by atomic mass is 10.2. The first-order valence-electron chi connectivity index (χ1n) is 13.5. The van der Waals surface area contributed by atoms with Crippen molar-refractivity contribution in [3.8, 4) is 17.5 Å². The standard InChI is InChI=1S/C31H22Cl3N5O5S2/c1-36-26-25(28(41)37(2)30(36)42)38(15-17-5-6-19(33)14-21(17)34)29(35-26)44-22-11-4-16(12-23(22)43-3)13-24-27(40)39(31(45)46-24)20-9-7-18(32)8-10-20/h4-14H,15H2,1-3H3. The van der Waals surface area contributed by atoms with Crippen LogP contribution in [0.25, 0.3) is 17.2 Å². The highest BCUT2D eigenvalue weighted by Gasteiger charge is 2.33. The highest BCUT2D eigenvalue weighted by Crippen LogP contribution is 2.38. The minimum Gasteiger partial charge on any atom is -0.493 e. The number of methoxy groups -OCH3 is 1. The van der Waals surface area contributed by atoms with Crippen LogP contribution >= 0.6 is 58.8 Å². The highest BCUT2D eigenvalue weighted by molar-refractivity contribution is 8.27. The molecule has 3 heterocycles. The van der Waals surface area contributed by atoms with Crippen LogP contribution in [0.3, 0.4) is 0 Å². The number of fused-ring (bicyclic) bond motifs is 1. The number of benzene rings is 3. The van der Waals surface area contributed by atoms with Crippen LogP contribution in [-0.4, -0.2) is 36.0 Å². The first kappa shape index (κ1) is 31.9. The molecular formula is C31H22Cl3N5O5S2. The maximum absolute atomic E-state index is 13.3. The van der Waals surface area contributed by atoms with Gasteiger partial charge in [-0.2, -0.15) is 4.98 Å². The Morgan fingerprint density at radius 1 is 0.913 bits per heavy atom. The van der Waals surface area contributed by atoms with Gasteiger partial charge in [0.1, 0.15) is 0 Å². The van der Waals surface area contributed by atoms with Crippen molar-refractivity contribution in [1.29, 1.82) is 0 Å². The monoisotopic (exact) mass is 713 g/mol. The van der Waals surface area contributed by atoms with Gasteiger partial charge in [0.25, 0.3) is 11.5 Å². The Bertz CT molecular complexity index is 2230. The predicted octanol–water partition coefficient (Wildman–Crippen LogP) is 6.65. The zero-order valence-electron chi connectivity index (χ0n) is 24.3. The third-order valence-electron chi connectivity index (χ3n) is 7.22. The number of hydrogen-bond donors (Lipinski definition) is 0. The Morgan fingerprint density at radius 2 is 1.63 bits per heavy atom. The van der Waals surface area contributed by atoms with Crippen LogP contribution in [0.2, 0.25) is 15.1 Å². The summed E-state index contributed by atoms with van der Waals surface area (Å²) in [5.41, 5.74) is 1.09. The topological polar surface area (TPSA) is 101 Å². The summed E-state index contributed by atoms with van der Waals surface area (Å²) in [5, 5.41) is 1.39. The molecule has 0 radical (unpaired) electrons. The fourth-order valence-electron chi connectivity index (χ4n) is 4.86. The van der Waals surface area contributed by atoms with Crippen molar-refractivity contribution < 1.29 is 14.3 Å². The summed E-state index contributed by atoms with van der Waals surface area (Å²) in [6.45, 7) is 0.0884. The fraction of sp³-hybridized carbons (Fsp3) is 0.129. The number of carbonyl (C=O) groups is 1. The minimum atomic E-state index is -0.552. The van der Waals surface area contributed by atoms with Gasteiger partial charge in [-0.05, 0) is 65.7 Å². The molecule has 1 amide bonds. The molecule has 1 saturated heterocycles. The molecule has 0 atom stereocenters. The van der Waals surface area contributed by atoms with Gasteiger partial charge in [-0.3, -0.25) is 28.2 Å². The summed E-state index contributed by atoms with van der Waals surface area (Å²) in [4.78, 5) is 45.7. The van der Waals surface area contributed by atoms with Crippen LogP contribution in [0.1, 0.15) is 11.1 Å². The van der Waals surface area contributed by atoms with E-state index < -0.39 is 11.2 Å². The fourth-order valence-corrected chi connectivity index (χ4v) is 6.75. The second kappa shape index (κ2) is 12.6. The Kier molecular flexibility index (Phi) is 8.75. The quantitative estimate of drug-likeness (QED) is 0.137. The number of ether oxygens (including phenoxy) is 2. The number of amides is 1. The summed E-state index contributed by atoms with van der Waals surface area (Å²) < 4.78 is 16.1. The van der Waals surface area contributed by atoms with Gasteiger partial charge in [0.15, 0.2) is 27.0 Å². The number of imidazole rings is 1. The summed E-state index contributed by atoms with van der Waals surface area (Å²) in [6, 6.07) is 17.0. The molecule has 15 heteroatoms. The van der Waals surface area contributed by atoms with E-state index >= 15 is 0 Å². The van der Waals surface area contributed by atoms with Crippen LogP contribution < -0.4 is 25.6 Å². The Hall–Kier alpha value is -4.07. The van der Waals surface area contributed by atoms with Gasteiger partial charge in [-0.15, -0.1) is 0 Å². The van der Waals surface area contributed by atoms with E-state index in [9.17, 15) is 14.4 Å². The molecule has 6 rings (SSSR count). The van der Waals surface area contributed by atoms with Crippen molar-refractivity contribution in [2.24, 2.45) is 14.1 Å². The number of aromatic nitrogens is 4. The van der Waals surface area contributed by atoms with Crippen molar-refractivity contribution in [2.75, 3.05) is 12.0 Å². The number of nitrogens with zero attached hydrogens (tertiary/aromatic N) is 5. The van der Waals surface area contributed by atoms with E-state index in [2.05, 4.69) is 4.98 Å². The number of halogens is 3. The van der Waals surface area contributed by atoms with E-state index in [0.29, 0.717) is 46.9 Å². The van der Waals surface area contributed by atoms with Gasteiger partial charge in [-0.25, -0.2) is 4.79 Å². The Morgan fingerprint density at radius 3 is 2.33 bits per heavy atom. The number of thioether (sulfide) groups is 1. The van der Waals surface area contributed by atoms with Crippen molar-refractivity contribution >= 4 is 91.9 Å². The van der Waals surface area contributed by atoms with Crippen LogP contribution in [0, 0.1) is 0 Å². The lowest BCUT2D eigenvalue weighted by molar-refractivity contribution is -0.113. The maximum Gasteiger partial charge on any atom is 0.332 e. The molecule has 3 aromatic carbocycles. The normalized spacial score (nSPS) is 14.1. The first-order valence-corrected chi connectivity index (χ1v) is 15.8. The lowest BCUT2D eigenvalue weighted by Crippen LogP contribution is -2.37. The molecule has 234 valence electrons. The number of hydrogen-bond acceptors (Lipinski definition) is 8. The molecule has 1 fully saturated rings. The molecule has 0 bridgehead atoms. The van der Waals surface area contributed by atoms with Gasteiger partial charge >= 0.3 is 11.7 Å². The zero-order valence-corrected chi connectivity index (χ0v) is 28.2. The zero-order chi connectivity index (χ0) is 32.9. The van der Waals surface area contributed by atoms with Gasteiger partial charge in [0.05, 0.1) is 24.2 Å². The molecule has 0 aliphatic carbocycles. The van der Waals surface area contributed by atoms with E-state index in [4.69, 9.17) is 56.5 Å². The van der Waals surface area contributed by atoms with E-state index in [1.807, 2.05) is 0 Å². The molecule has 2 aromatic heterocycles. The number of aryl methyl sites for hydroxylation is 1. The molecule has 46 heavy (non-hydrogen) atoms. The lowest BCUT2D eigenvalue weighted by Gasteiger charge is -2.14. The van der Waals surface area contributed by atoms with Crippen molar-refractivity contribution in [2.45, 2.75) is 6.54 Å². The van der Waals surface area contributed by atoms with E-state index in [-0.39, 0.29) is 35.4 Å². The summed E-state index contributed by atoms with van der Waals surface area (Å²) in [5.74, 6) is 0.333. The Labute approximate surface area is 286 Å². The number of anilines is 1. The third kappa shape index (κ3) is 5.82. The molecule has 5 aromatic rings. The van der Waals surface area contributed by atoms with Crippen molar-refractivity contribution in [1.82, 2.24) is 18.7 Å². The van der Waals surface area contributed by atoms with Crippen LogP contribution in [0.15, 0.2) is 75.2 Å². The second-order valence-corrected chi connectivity index (χ2v) is 13.1. The molecule has 0 spiro atoms. The van der Waals surface area contributed by atoms with Crippen LogP contribution in [-0.2, 0) is 25.4 Å². The van der Waals surface area contributed by atoms with Gasteiger partial charge < -0.3 is 9.47 Å². The average Bonchev–Trinajstić information content (AvgIpc) is 3.52. The van der Waals surface area contributed by atoms with E-state index in [1.54, 1.807) is 71.3 Å². The molecule has 0 N–H and O–H groups in total. The number of rotatable bonds is 7. The van der Waals surface area contributed by atoms with Crippen molar-refractivity contribution in [3.05, 3.63) is 113 Å². The SMILES string of the molecule is COc1cc(C=C2SC(=S)N(c3ccc(Cl)cc3)C2=O)ccc1Oc1nc2c(c(=O)n(C)c(=O)n2C)n1Cc1ccc(Cl)cc1Cl. The number of carbonyl (C=O) groups excluding carboxylic acids is 1. The Balaban J connectivity index is 1.38. The summed E-state index contributed by atoms with van der Waals surface area (Å²) in [7, 11) is 4.38. The summed E-state index contributed by atoms with van der Waals surface area (Å²) in [6.07, 6.45) is 1.71. The highest BCUT2D eigenvalue weighted by atomic mass is 35.5. The first-order chi connectivity index (χ1) is 22.0. The van der Waals surface area contributed by atoms with Gasteiger partial charge in [0, 0.05) is 29.2 Å². The smallest absolute Gasteiger partial charge is 0.332 e. The van der Waals surface area contributed by atoms with E-state index in [1.165, 1.54) is 42.4 Å². The van der Waals surface area contributed by atoms with Crippen LogP contribution in [0.4, 0.5) is 5.69 Å². The minimum absolute atomic E-state index is 0.0224. The molecule has 1 aliphatic rings. The number of thiocarbonyl (C=S) groups is 1. The average molecular weight is 715 g/mol. The molecule has 0 unspecified atom stereocenters. The largest absolute Gasteiger partial charge is 0.493 e. The van der Waals surface area contributed by atoms with Crippen LogP contribution in [0.5, 0.6) is 17.5 Å². The summed E-state index contributed by atoms with van der Waals surface area (Å²) >= 11 is 25.2. The van der Waals surface area contributed by atoms with Gasteiger partial charge in [0.2, 0.25) is 0 Å². The maximum atomic E-state index is 13.3. The van der Waals surface area contributed by atoms with Crippen molar-refractivity contribution in [3.63, 3.8) is 0 Å². The second-order valence-electron chi connectivity index (χ2n) is 10.1. The molecular weight excluding hydrogens is 693 g/mol. The van der Waals surface area contributed by atoms with Gasteiger partial charge in [-0.1, -0.05) is 70.9 Å². The third-order valence-corrected chi connectivity index (χ3v) is 9.36.